The smallest absolute Gasteiger partial charge is 0.269 e. The Bertz CT molecular complexity index is 1430. The predicted molar refractivity (Wildman–Crippen MR) is 148 cm³/mol. The van der Waals surface area contributed by atoms with E-state index in [1.165, 1.54) is 52.9 Å². The largest absolute Gasteiger partial charge is 0.322 e. The summed E-state index contributed by atoms with van der Waals surface area (Å²) in [5.74, 6) is -0.517. The number of nitrogens with zero attached hydrogens (tertiary/aromatic N) is 2. The Kier molecular flexibility index (Phi) is 8.00. The summed E-state index contributed by atoms with van der Waals surface area (Å²) in [6.45, 7) is 5.85. The number of thiazole rings is 1. The van der Waals surface area contributed by atoms with E-state index in [2.05, 4.69) is 15.6 Å². The fourth-order valence-electron chi connectivity index (χ4n) is 3.45. The Morgan fingerprint density at radius 3 is 2.22 bits per heavy atom. The van der Waals surface area contributed by atoms with Crippen LogP contribution in [0.3, 0.4) is 0 Å². The minimum atomic E-state index is -0.514. The van der Waals surface area contributed by atoms with E-state index >= 15 is 0 Å². The second-order valence-corrected chi connectivity index (χ2v) is 10.9. The highest BCUT2D eigenvalue weighted by molar-refractivity contribution is 8.00. The quantitative estimate of drug-likeness (QED) is 0.148. The lowest BCUT2D eigenvalue weighted by Crippen LogP contribution is -2.22. The van der Waals surface area contributed by atoms with Gasteiger partial charge in [0, 0.05) is 38.7 Å². The number of hydrogen-bond donors (Lipinski definition) is 2. The third-order valence-electron chi connectivity index (χ3n) is 5.49. The van der Waals surface area contributed by atoms with Crippen molar-refractivity contribution in [3.63, 3.8) is 0 Å². The zero-order chi connectivity index (χ0) is 26.5. The Hall–Kier alpha value is -4.02. The molecule has 0 fully saturated rings. The maximum atomic E-state index is 12.8. The van der Waals surface area contributed by atoms with Gasteiger partial charge in [-0.05, 0) is 57.2 Å². The third-order valence-corrected chi connectivity index (χ3v) is 7.48. The highest BCUT2D eigenvalue weighted by Crippen LogP contribution is 2.32. The number of rotatable bonds is 8. The second-order valence-electron chi connectivity index (χ2n) is 8.32. The van der Waals surface area contributed by atoms with Crippen molar-refractivity contribution >= 4 is 51.4 Å². The summed E-state index contributed by atoms with van der Waals surface area (Å²) in [6.07, 6.45) is 0. The van der Waals surface area contributed by atoms with E-state index < -0.39 is 4.92 Å². The van der Waals surface area contributed by atoms with Gasteiger partial charge >= 0.3 is 0 Å². The number of nitro benzene ring substituents is 1. The predicted octanol–water partition coefficient (Wildman–Crippen LogP) is 6.71. The van der Waals surface area contributed by atoms with Crippen LogP contribution in [0, 0.1) is 24.0 Å². The molecule has 0 aliphatic rings. The van der Waals surface area contributed by atoms with E-state index in [-0.39, 0.29) is 22.8 Å². The number of nitro groups is 1. The molecule has 2 N–H and O–H groups in total. The molecule has 8 nitrogen and oxygen atoms in total. The fourth-order valence-corrected chi connectivity index (χ4v) is 5.15. The van der Waals surface area contributed by atoms with E-state index in [4.69, 9.17) is 0 Å². The molecular weight excluding hydrogens is 508 g/mol. The summed E-state index contributed by atoms with van der Waals surface area (Å²) in [4.78, 5) is 42.0. The van der Waals surface area contributed by atoms with Crippen molar-refractivity contribution in [2.45, 2.75) is 30.9 Å². The van der Waals surface area contributed by atoms with Crippen LogP contribution in [0.15, 0.2) is 77.7 Å². The zero-order valence-electron chi connectivity index (χ0n) is 20.3. The van der Waals surface area contributed by atoms with Crippen molar-refractivity contribution in [2.75, 3.05) is 10.6 Å². The Morgan fingerprint density at radius 2 is 1.59 bits per heavy atom. The van der Waals surface area contributed by atoms with Crippen molar-refractivity contribution in [2.24, 2.45) is 0 Å². The summed E-state index contributed by atoms with van der Waals surface area (Å²) in [5, 5.41) is 16.6. The summed E-state index contributed by atoms with van der Waals surface area (Å²) in [5.41, 5.74) is 3.88. The normalized spacial score (nSPS) is 11.5. The van der Waals surface area contributed by atoms with E-state index in [1.54, 1.807) is 12.1 Å². The highest BCUT2D eigenvalue weighted by atomic mass is 32.2. The molecule has 10 heteroatoms. The van der Waals surface area contributed by atoms with Gasteiger partial charge in [-0.1, -0.05) is 29.8 Å². The SMILES string of the molecule is Cc1ccc(-c2nc(NC(=O)C(C)Sc3ccc(NC(=O)c4ccc([N+](=O)[O-])cc4)cc3)sc2C)cc1. The summed E-state index contributed by atoms with van der Waals surface area (Å²) in [6, 6.07) is 20.7. The Labute approximate surface area is 222 Å². The molecule has 1 atom stereocenters. The van der Waals surface area contributed by atoms with E-state index in [0.29, 0.717) is 16.4 Å². The first-order valence-electron chi connectivity index (χ1n) is 11.4. The number of aryl methyl sites for hydroxylation is 2. The molecule has 0 aliphatic heterocycles. The number of thioether (sulfide) groups is 1. The monoisotopic (exact) mass is 532 g/mol. The van der Waals surface area contributed by atoms with Crippen LogP contribution < -0.4 is 10.6 Å². The Balaban J connectivity index is 1.33. The number of hydrogen-bond acceptors (Lipinski definition) is 7. The number of nitrogens with one attached hydrogen (secondary N) is 2. The van der Waals surface area contributed by atoms with Gasteiger partial charge in [-0.15, -0.1) is 23.1 Å². The van der Waals surface area contributed by atoms with E-state index in [0.717, 1.165) is 21.0 Å². The standard InChI is InChI=1S/C27H24N4O4S2/c1-16-4-6-19(7-5-16)24-17(2)37-27(29-24)30-25(32)18(3)36-23-14-10-21(11-15-23)28-26(33)20-8-12-22(13-9-20)31(34)35/h4-15,18H,1-3H3,(H,28,33)(H,29,30,32). The van der Waals surface area contributed by atoms with Gasteiger partial charge in [0.15, 0.2) is 5.13 Å². The topological polar surface area (TPSA) is 114 Å². The van der Waals surface area contributed by atoms with Crippen molar-refractivity contribution in [3.05, 3.63) is 98.9 Å². The molecule has 0 radical (unpaired) electrons. The molecule has 0 saturated carbocycles. The van der Waals surface area contributed by atoms with Gasteiger partial charge in [0.25, 0.3) is 11.6 Å². The van der Waals surface area contributed by atoms with Gasteiger partial charge in [0.05, 0.1) is 15.9 Å². The van der Waals surface area contributed by atoms with Crippen LogP contribution in [-0.4, -0.2) is 27.0 Å². The molecular formula is C27H24N4O4S2. The van der Waals surface area contributed by atoms with Crippen LogP contribution >= 0.6 is 23.1 Å². The van der Waals surface area contributed by atoms with Gasteiger partial charge in [-0.2, -0.15) is 0 Å². The number of aromatic nitrogens is 1. The molecule has 188 valence electrons. The van der Waals surface area contributed by atoms with Crippen LogP contribution in [0.2, 0.25) is 0 Å². The number of amides is 2. The number of carbonyl (C=O) groups is 2. The average Bonchev–Trinajstić information content (AvgIpc) is 3.25. The fraction of sp³-hybridized carbons (Fsp3) is 0.148. The zero-order valence-corrected chi connectivity index (χ0v) is 22.0. The molecule has 2 amide bonds. The first-order valence-corrected chi connectivity index (χ1v) is 13.1. The number of non-ortho nitro benzene ring substituents is 1. The lowest BCUT2D eigenvalue weighted by atomic mass is 10.1. The molecule has 0 spiro atoms. The van der Waals surface area contributed by atoms with Crippen LogP contribution in [0.4, 0.5) is 16.5 Å². The molecule has 1 heterocycles. The van der Waals surface area contributed by atoms with Gasteiger partial charge < -0.3 is 10.6 Å². The molecule has 3 aromatic carbocycles. The van der Waals surface area contributed by atoms with Crippen molar-refractivity contribution < 1.29 is 14.5 Å². The Morgan fingerprint density at radius 1 is 0.946 bits per heavy atom. The molecule has 4 rings (SSSR count). The third kappa shape index (κ3) is 6.60. The number of carbonyl (C=O) groups excluding carboxylic acids is 2. The maximum absolute atomic E-state index is 12.8. The lowest BCUT2D eigenvalue weighted by Gasteiger charge is -2.11. The summed E-state index contributed by atoms with van der Waals surface area (Å²) < 4.78 is 0. The van der Waals surface area contributed by atoms with Crippen molar-refractivity contribution in [1.82, 2.24) is 4.98 Å². The molecule has 0 bridgehead atoms. The maximum Gasteiger partial charge on any atom is 0.269 e. The summed E-state index contributed by atoms with van der Waals surface area (Å²) in [7, 11) is 0. The van der Waals surface area contributed by atoms with Gasteiger partial charge in [0.1, 0.15) is 0 Å². The molecule has 1 aromatic heterocycles. The van der Waals surface area contributed by atoms with Gasteiger partial charge in [0.2, 0.25) is 5.91 Å². The van der Waals surface area contributed by atoms with Crippen molar-refractivity contribution in [1.29, 1.82) is 0 Å². The van der Waals surface area contributed by atoms with Crippen LogP contribution in [-0.2, 0) is 4.79 Å². The van der Waals surface area contributed by atoms with E-state index in [9.17, 15) is 19.7 Å². The molecule has 0 saturated heterocycles. The van der Waals surface area contributed by atoms with Crippen LogP contribution in [0.1, 0.15) is 27.7 Å². The summed E-state index contributed by atoms with van der Waals surface area (Å²) >= 11 is 2.84. The first-order chi connectivity index (χ1) is 17.7. The number of anilines is 2. The van der Waals surface area contributed by atoms with E-state index in [1.807, 2.05) is 57.2 Å². The highest BCUT2D eigenvalue weighted by Gasteiger charge is 2.18. The van der Waals surface area contributed by atoms with Gasteiger partial charge in [-0.25, -0.2) is 4.98 Å². The second kappa shape index (κ2) is 11.4. The van der Waals surface area contributed by atoms with Crippen LogP contribution in [0.5, 0.6) is 0 Å². The minimum Gasteiger partial charge on any atom is -0.322 e. The first kappa shape index (κ1) is 26.1. The number of benzene rings is 3. The minimum absolute atomic E-state index is 0.0761. The average molecular weight is 533 g/mol. The lowest BCUT2D eigenvalue weighted by molar-refractivity contribution is -0.384. The molecule has 0 aliphatic carbocycles. The molecule has 1 unspecified atom stereocenters. The van der Waals surface area contributed by atoms with Gasteiger partial charge in [-0.3, -0.25) is 19.7 Å². The van der Waals surface area contributed by atoms with Crippen molar-refractivity contribution in [3.8, 4) is 11.3 Å². The van der Waals surface area contributed by atoms with Crippen LogP contribution in [0.25, 0.3) is 11.3 Å². The molecule has 37 heavy (non-hydrogen) atoms. The molecule has 4 aromatic rings.